The molecule has 0 spiro atoms. The van der Waals surface area contributed by atoms with Crippen LogP contribution in [0.3, 0.4) is 0 Å². The van der Waals surface area contributed by atoms with Gasteiger partial charge in [0.25, 0.3) is 0 Å². The third-order valence-corrected chi connectivity index (χ3v) is 3.83. The van der Waals surface area contributed by atoms with Gasteiger partial charge in [0.2, 0.25) is 0 Å². The molecule has 2 unspecified atom stereocenters. The molecule has 2 rings (SSSR count). The van der Waals surface area contributed by atoms with Crippen LogP contribution in [0.5, 0.6) is 0 Å². The molecule has 0 aromatic carbocycles. The summed E-state index contributed by atoms with van der Waals surface area (Å²) in [5.41, 5.74) is 8.69. The number of rotatable bonds is 3. The number of pyridine rings is 1. The van der Waals surface area contributed by atoms with Crippen LogP contribution in [-0.4, -0.2) is 29.0 Å². The number of nitrogens with two attached hydrogens (primary N) is 1. The van der Waals surface area contributed by atoms with E-state index in [9.17, 15) is 0 Å². The molecule has 2 N–H and O–H groups in total. The van der Waals surface area contributed by atoms with Gasteiger partial charge in [-0.1, -0.05) is 0 Å². The van der Waals surface area contributed by atoms with Crippen LogP contribution in [0.2, 0.25) is 0 Å². The van der Waals surface area contributed by atoms with Crippen molar-refractivity contribution < 1.29 is 0 Å². The first-order valence-electron chi connectivity index (χ1n) is 6.54. The molecule has 1 aliphatic heterocycles. The standard InChI is InChI=1S/C14H23N3/c1-11-5-6-16-8-14(11)10-17-7-3-4-13(9-17)12(2)15/h5-6,8,12-13H,3-4,7,9-10,15H2,1-2H3. The summed E-state index contributed by atoms with van der Waals surface area (Å²) in [5, 5.41) is 0. The number of hydrogen-bond acceptors (Lipinski definition) is 3. The van der Waals surface area contributed by atoms with Crippen molar-refractivity contribution in [3.05, 3.63) is 29.6 Å². The Morgan fingerprint density at radius 1 is 1.59 bits per heavy atom. The van der Waals surface area contributed by atoms with Gasteiger partial charge < -0.3 is 5.73 Å². The summed E-state index contributed by atoms with van der Waals surface area (Å²) in [6.45, 7) is 7.62. The minimum Gasteiger partial charge on any atom is -0.328 e. The van der Waals surface area contributed by atoms with Crippen LogP contribution in [0.4, 0.5) is 0 Å². The van der Waals surface area contributed by atoms with Crippen LogP contribution in [-0.2, 0) is 6.54 Å². The van der Waals surface area contributed by atoms with E-state index >= 15 is 0 Å². The van der Waals surface area contributed by atoms with Gasteiger partial charge in [0.15, 0.2) is 0 Å². The fourth-order valence-electron chi connectivity index (χ4n) is 2.57. The zero-order valence-corrected chi connectivity index (χ0v) is 10.9. The first-order chi connectivity index (χ1) is 8.16. The van der Waals surface area contributed by atoms with Crippen molar-refractivity contribution in [2.45, 2.75) is 39.3 Å². The molecule has 0 amide bonds. The molecular formula is C14H23N3. The molecule has 3 heteroatoms. The van der Waals surface area contributed by atoms with Gasteiger partial charge in [0, 0.05) is 31.5 Å². The monoisotopic (exact) mass is 233 g/mol. The Balaban J connectivity index is 1.97. The molecule has 2 atom stereocenters. The average molecular weight is 233 g/mol. The predicted molar refractivity (Wildman–Crippen MR) is 70.6 cm³/mol. The molecule has 1 aromatic rings. The SMILES string of the molecule is Cc1ccncc1CN1CCCC(C(C)N)C1. The number of piperidine rings is 1. The smallest absolute Gasteiger partial charge is 0.0315 e. The third-order valence-electron chi connectivity index (χ3n) is 3.83. The Bertz CT molecular complexity index is 362. The first kappa shape index (κ1) is 12.5. The van der Waals surface area contributed by atoms with Crippen LogP contribution in [0.25, 0.3) is 0 Å². The third kappa shape index (κ3) is 3.27. The van der Waals surface area contributed by atoms with Gasteiger partial charge in [-0.2, -0.15) is 0 Å². The lowest BCUT2D eigenvalue weighted by molar-refractivity contribution is 0.154. The van der Waals surface area contributed by atoms with Crippen LogP contribution in [0.1, 0.15) is 30.9 Å². The van der Waals surface area contributed by atoms with Crippen molar-refractivity contribution in [2.24, 2.45) is 11.7 Å². The van der Waals surface area contributed by atoms with Crippen LogP contribution < -0.4 is 5.73 Å². The van der Waals surface area contributed by atoms with Crippen molar-refractivity contribution in [3.63, 3.8) is 0 Å². The molecular weight excluding hydrogens is 210 g/mol. The number of aromatic nitrogens is 1. The molecule has 1 aromatic heterocycles. The van der Waals surface area contributed by atoms with E-state index in [1.165, 1.54) is 30.5 Å². The van der Waals surface area contributed by atoms with Crippen molar-refractivity contribution in [1.29, 1.82) is 0 Å². The highest BCUT2D eigenvalue weighted by Crippen LogP contribution is 2.21. The van der Waals surface area contributed by atoms with E-state index in [2.05, 4.69) is 29.8 Å². The molecule has 0 bridgehead atoms. The summed E-state index contributed by atoms with van der Waals surface area (Å²) in [4.78, 5) is 6.73. The maximum Gasteiger partial charge on any atom is 0.0315 e. The highest BCUT2D eigenvalue weighted by molar-refractivity contribution is 5.21. The Morgan fingerprint density at radius 2 is 2.41 bits per heavy atom. The lowest BCUT2D eigenvalue weighted by atomic mass is 9.92. The molecule has 0 saturated carbocycles. The van der Waals surface area contributed by atoms with Crippen LogP contribution in [0.15, 0.2) is 18.5 Å². The van der Waals surface area contributed by atoms with E-state index in [4.69, 9.17) is 5.73 Å². The summed E-state index contributed by atoms with van der Waals surface area (Å²) in [7, 11) is 0. The van der Waals surface area contributed by atoms with Gasteiger partial charge in [-0.3, -0.25) is 9.88 Å². The van der Waals surface area contributed by atoms with Crippen LogP contribution in [0, 0.1) is 12.8 Å². The lowest BCUT2D eigenvalue weighted by Gasteiger charge is -2.34. The summed E-state index contributed by atoms with van der Waals surface area (Å²) in [6.07, 6.45) is 6.40. The quantitative estimate of drug-likeness (QED) is 0.867. The van der Waals surface area contributed by atoms with Gasteiger partial charge in [-0.25, -0.2) is 0 Å². The second kappa shape index (κ2) is 5.61. The van der Waals surface area contributed by atoms with E-state index in [0.717, 1.165) is 13.1 Å². The molecule has 1 fully saturated rings. The largest absolute Gasteiger partial charge is 0.328 e. The van der Waals surface area contributed by atoms with Gasteiger partial charge in [0.1, 0.15) is 0 Å². The van der Waals surface area contributed by atoms with E-state index in [1.54, 1.807) is 0 Å². The predicted octanol–water partition coefficient (Wildman–Crippen LogP) is 1.95. The van der Waals surface area contributed by atoms with E-state index in [1.807, 2.05) is 12.4 Å². The maximum atomic E-state index is 6.01. The molecule has 1 saturated heterocycles. The molecule has 17 heavy (non-hydrogen) atoms. The molecule has 3 nitrogen and oxygen atoms in total. The Hall–Kier alpha value is -0.930. The fraction of sp³-hybridized carbons (Fsp3) is 0.643. The van der Waals surface area contributed by atoms with Gasteiger partial charge >= 0.3 is 0 Å². The topological polar surface area (TPSA) is 42.2 Å². The van der Waals surface area contributed by atoms with Crippen molar-refractivity contribution >= 4 is 0 Å². The first-order valence-corrected chi connectivity index (χ1v) is 6.54. The Kier molecular flexibility index (Phi) is 4.13. The Labute approximate surface area is 104 Å². The summed E-state index contributed by atoms with van der Waals surface area (Å²) in [5.74, 6) is 0.653. The lowest BCUT2D eigenvalue weighted by Crippen LogP contribution is -2.42. The molecule has 2 heterocycles. The highest BCUT2D eigenvalue weighted by Gasteiger charge is 2.22. The van der Waals surface area contributed by atoms with E-state index in [0.29, 0.717) is 12.0 Å². The minimum absolute atomic E-state index is 0.313. The number of nitrogens with zero attached hydrogens (tertiary/aromatic N) is 2. The molecule has 0 aliphatic carbocycles. The average Bonchev–Trinajstić information content (AvgIpc) is 2.32. The Morgan fingerprint density at radius 3 is 3.12 bits per heavy atom. The summed E-state index contributed by atoms with van der Waals surface area (Å²) in [6, 6.07) is 2.40. The number of likely N-dealkylation sites (tertiary alicyclic amines) is 1. The van der Waals surface area contributed by atoms with Gasteiger partial charge in [-0.05, 0) is 56.3 Å². The minimum atomic E-state index is 0.313. The van der Waals surface area contributed by atoms with Crippen molar-refractivity contribution in [3.8, 4) is 0 Å². The summed E-state index contributed by atoms with van der Waals surface area (Å²) < 4.78 is 0. The van der Waals surface area contributed by atoms with Crippen molar-refractivity contribution in [2.75, 3.05) is 13.1 Å². The number of aryl methyl sites for hydroxylation is 1. The van der Waals surface area contributed by atoms with Gasteiger partial charge in [-0.15, -0.1) is 0 Å². The van der Waals surface area contributed by atoms with E-state index in [-0.39, 0.29) is 0 Å². The second-order valence-electron chi connectivity index (χ2n) is 5.30. The molecule has 94 valence electrons. The zero-order valence-electron chi connectivity index (χ0n) is 10.9. The molecule has 0 radical (unpaired) electrons. The van der Waals surface area contributed by atoms with Crippen LogP contribution >= 0.6 is 0 Å². The zero-order chi connectivity index (χ0) is 12.3. The summed E-state index contributed by atoms with van der Waals surface area (Å²) >= 11 is 0. The van der Waals surface area contributed by atoms with Gasteiger partial charge in [0.05, 0.1) is 0 Å². The fourth-order valence-corrected chi connectivity index (χ4v) is 2.57. The molecule has 1 aliphatic rings. The number of hydrogen-bond donors (Lipinski definition) is 1. The second-order valence-corrected chi connectivity index (χ2v) is 5.30. The normalized spacial score (nSPS) is 23.6. The maximum absolute atomic E-state index is 6.01. The van der Waals surface area contributed by atoms with Crippen molar-refractivity contribution in [1.82, 2.24) is 9.88 Å². The van der Waals surface area contributed by atoms with E-state index < -0.39 is 0 Å². The highest BCUT2D eigenvalue weighted by atomic mass is 15.1.